The van der Waals surface area contributed by atoms with Crippen molar-refractivity contribution in [3.8, 4) is 0 Å². The van der Waals surface area contributed by atoms with E-state index in [0.29, 0.717) is 11.3 Å². The van der Waals surface area contributed by atoms with E-state index in [9.17, 15) is 13.2 Å². The van der Waals surface area contributed by atoms with Crippen LogP contribution in [0.2, 0.25) is 0 Å². The van der Waals surface area contributed by atoms with Crippen molar-refractivity contribution in [1.82, 2.24) is 9.78 Å². The maximum Gasteiger partial charge on any atom is 0.274 e. The van der Waals surface area contributed by atoms with Crippen LogP contribution >= 0.6 is 15.9 Å². The number of aromatic nitrogens is 2. The normalized spacial score (nSPS) is 11.5. The molecule has 0 bridgehead atoms. The third kappa shape index (κ3) is 4.63. The first-order chi connectivity index (χ1) is 10.7. The molecule has 2 aromatic rings. The summed E-state index contributed by atoms with van der Waals surface area (Å²) in [5.41, 5.74) is 2.19. The summed E-state index contributed by atoms with van der Waals surface area (Å²) >= 11 is 3.36. The lowest BCUT2D eigenvalue weighted by Crippen LogP contribution is -2.19. The van der Waals surface area contributed by atoms with Gasteiger partial charge < -0.3 is 5.32 Å². The minimum absolute atomic E-state index is 0.241. The first-order valence-electron chi connectivity index (χ1n) is 6.60. The molecule has 7 nitrogen and oxygen atoms in total. The second kappa shape index (κ2) is 6.81. The van der Waals surface area contributed by atoms with E-state index in [-0.39, 0.29) is 18.2 Å². The highest BCUT2D eigenvalue weighted by atomic mass is 79.9. The van der Waals surface area contributed by atoms with Crippen molar-refractivity contribution in [2.75, 3.05) is 11.6 Å². The Balaban J connectivity index is 2.23. The van der Waals surface area contributed by atoms with E-state index < -0.39 is 10.1 Å². The van der Waals surface area contributed by atoms with Gasteiger partial charge in [-0.2, -0.15) is 13.5 Å². The van der Waals surface area contributed by atoms with Crippen LogP contribution in [0.5, 0.6) is 0 Å². The number of nitrogens with zero attached hydrogens (tertiary/aromatic N) is 2. The van der Waals surface area contributed by atoms with Gasteiger partial charge in [-0.1, -0.05) is 15.9 Å². The number of nitrogens with one attached hydrogen (secondary N) is 1. The SMILES string of the molecule is Cc1cc(Br)ccc1NC(=O)c1c(COS(C)(=O)=O)cnn1C. The molecule has 2 rings (SSSR count). The molecule has 1 amide bonds. The van der Waals surface area contributed by atoms with Gasteiger partial charge in [0, 0.05) is 22.8 Å². The average Bonchev–Trinajstić information content (AvgIpc) is 2.80. The van der Waals surface area contributed by atoms with Crippen molar-refractivity contribution >= 4 is 37.6 Å². The van der Waals surface area contributed by atoms with Crippen molar-refractivity contribution in [1.29, 1.82) is 0 Å². The zero-order valence-electron chi connectivity index (χ0n) is 12.8. The number of hydrogen-bond donors (Lipinski definition) is 1. The molecule has 1 N–H and O–H groups in total. The standard InChI is InChI=1S/C14H16BrN3O4S/c1-9-6-11(15)4-5-12(9)17-14(19)13-10(7-16-18(13)2)8-22-23(3,20)21/h4-7H,8H2,1-3H3,(H,17,19). The van der Waals surface area contributed by atoms with E-state index in [1.807, 2.05) is 19.1 Å². The predicted octanol–water partition coefficient (Wildman–Crippen LogP) is 2.22. The molecule has 0 spiro atoms. The summed E-state index contributed by atoms with van der Waals surface area (Å²) in [6.45, 7) is 1.63. The third-order valence-corrected chi connectivity index (χ3v) is 4.13. The molecule has 0 aliphatic carbocycles. The highest BCUT2D eigenvalue weighted by molar-refractivity contribution is 9.10. The maximum atomic E-state index is 12.5. The predicted molar refractivity (Wildman–Crippen MR) is 89.7 cm³/mol. The number of rotatable bonds is 5. The van der Waals surface area contributed by atoms with Crippen molar-refractivity contribution in [3.05, 3.63) is 45.7 Å². The first kappa shape index (κ1) is 17.6. The van der Waals surface area contributed by atoms with Crippen LogP contribution in [0.1, 0.15) is 21.6 Å². The number of carbonyl (C=O) groups is 1. The fraction of sp³-hybridized carbons (Fsp3) is 0.286. The van der Waals surface area contributed by atoms with Crippen LogP contribution in [0, 0.1) is 6.92 Å². The lowest BCUT2D eigenvalue weighted by molar-refractivity contribution is 0.101. The van der Waals surface area contributed by atoms with Gasteiger partial charge in [-0.25, -0.2) is 0 Å². The van der Waals surface area contributed by atoms with Crippen LogP contribution in [0.15, 0.2) is 28.9 Å². The Kier molecular flexibility index (Phi) is 5.23. The monoisotopic (exact) mass is 401 g/mol. The zero-order chi connectivity index (χ0) is 17.2. The minimum Gasteiger partial charge on any atom is -0.320 e. The number of amides is 1. The summed E-state index contributed by atoms with van der Waals surface area (Å²) in [4.78, 5) is 12.5. The van der Waals surface area contributed by atoms with E-state index >= 15 is 0 Å². The Morgan fingerprint density at radius 2 is 2.13 bits per heavy atom. The van der Waals surface area contributed by atoms with Crippen molar-refractivity contribution < 1.29 is 17.4 Å². The topological polar surface area (TPSA) is 90.3 Å². The highest BCUT2D eigenvalue weighted by Gasteiger charge is 2.19. The molecule has 124 valence electrons. The van der Waals surface area contributed by atoms with Crippen LogP contribution in [0.4, 0.5) is 5.69 Å². The highest BCUT2D eigenvalue weighted by Crippen LogP contribution is 2.21. The summed E-state index contributed by atoms with van der Waals surface area (Å²) in [6.07, 6.45) is 2.36. The van der Waals surface area contributed by atoms with Crippen LogP contribution in [0.3, 0.4) is 0 Å². The molecule has 0 radical (unpaired) electrons. The fourth-order valence-corrected chi connectivity index (χ4v) is 2.82. The van der Waals surface area contributed by atoms with Gasteiger partial charge >= 0.3 is 0 Å². The van der Waals surface area contributed by atoms with Gasteiger partial charge in [0.1, 0.15) is 5.69 Å². The van der Waals surface area contributed by atoms with Gasteiger partial charge in [0.25, 0.3) is 16.0 Å². The van der Waals surface area contributed by atoms with Gasteiger partial charge in [-0.15, -0.1) is 0 Å². The van der Waals surface area contributed by atoms with E-state index in [1.165, 1.54) is 10.9 Å². The summed E-state index contributed by atoms with van der Waals surface area (Å²) in [5, 5.41) is 6.78. The summed E-state index contributed by atoms with van der Waals surface area (Å²) < 4.78 is 29.2. The van der Waals surface area contributed by atoms with E-state index in [2.05, 4.69) is 26.3 Å². The molecule has 0 saturated heterocycles. The zero-order valence-corrected chi connectivity index (χ0v) is 15.2. The van der Waals surface area contributed by atoms with E-state index in [1.54, 1.807) is 13.1 Å². The number of halogens is 1. The molecular formula is C14H16BrN3O4S. The quantitative estimate of drug-likeness (QED) is 0.775. The van der Waals surface area contributed by atoms with E-state index in [4.69, 9.17) is 4.18 Å². The van der Waals surface area contributed by atoms with Crippen LogP contribution in [-0.4, -0.2) is 30.4 Å². The number of anilines is 1. The Hall–Kier alpha value is -1.71. The van der Waals surface area contributed by atoms with Gasteiger partial charge in [0.15, 0.2) is 0 Å². The Labute approximate surface area is 142 Å². The smallest absolute Gasteiger partial charge is 0.274 e. The Bertz CT molecular complexity index is 846. The van der Waals surface area contributed by atoms with Crippen molar-refractivity contribution in [3.63, 3.8) is 0 Å². The minimum atomic E-state index is -3.60. The Morgan fingerprint density at radius 3 is 2.74 bits per heavy atom. The maximum absolute atomic E-state index is 12.5. The number of aryl methyl sites for hydroxylation is 2. The van der Waals surface area contributed by atoms with Crippen molar-refractivity contribution in [2.45, 2.75) is 13.5 Å². The molecule has 9 heteroatoms. The largest absolute Gasteiger partial charge is 0.320 e. The van der Waals surface area contributed by atoms with Crippen LogP contribution < -0.4 is 5.32 Å². The summed E-state index contributed by atoms with van der Waals surface area (Å²) in [7, 11) is -2.00. The molecule has 0 saturated carbocycles. The molecule has 0 atom stereocenters. The van der Waals surface area contributed by atoms with Gasteiger partial charge in [0.2, 0.25) is 0 Å². The second-order valence-electron chi connectivity index (χ2n) is 5.02. The van der Waals surface area contributed by atoms with Crippen LogP contribution in [0.25, 0.3) is 0 Å². The van der Waals surface area contributed by atoms with Gasteiger partial charge in [0.05, 0.1) is 19.1 Å². The lowest BCUT2D eigenvalue weighted by atomic mass is 10.2. The van der Waals surface area contributed by atoms with E-state index in [0.717, 1.165) is 16.3 Å². The second-order valence-corrected chi connectivity index (χ2v) is 7.58. The molecule has 0 fully saturated rings. The van der Waals surface area contributed by atoms with Crippen LogP contribution in [-0.2, 0) is 28.0 Å². The first-order valence-corrected chi connectivity index (χ1v) is 9.21. The molecule has 0 aliphatic rings. The summed E-state index contributed by atoms with van der Waals surface area (Å²) in [5.74, 6) is -0.387. The molecule has 0 unspecified atom stereocenters. The molecule has 0 aliphatic heterocycles. The molecule has 1 heterocycles. The van der Waals surface area contributed by atoms with Gasteiger partial charge in [-0.3, -0.25) is 13.7 Å². The van der Waals surface area contributed by atoms with Gasteiger partial charge in [-0.05, 0) is 30.7 Å². The lowest BCUT2D eigenvalue weighted by Gasteiger charge is -2.10. The Morgan fingerprint density at radius 1 is 1.43 bits per heavy atom. The molecule has 1 aromatic carbocycles. The average molecular weight is 402 g/mol. The third-order valence-electron chi connectivity index (χ3n) is 3.09. The fourth-order valence-electron chi connectivity index (χ4n) is 2.00. The number of hydrogen-bond acceptors (Lipinski definition) is 5. The molecular weight excluding hydrogens is 386 g/mol. The summed E-state index contributed by atoms with van der Waals surface area (Å²) in [6, 6.07) is 5.48. The molecule has 1 aromatic heterocycles. The number of carbonyl (C=O) groups excluding carboxylic acids is 1. The van der Waals surface area contributed by atoms with Crippen molar-refractivity contribution in [2.24, 2.45) is 7.05 Å². The number of benzene rings is 1. The molecule has 23 heavy (non-hydrogen) atoms.